The molecule has 6 rings (SSSR count). The number of nitrogens with one attached hydrogen (secondary N) is 1. The maximum Gasteiger partial charge on any atom is 0.251 e. The van der Waals surface area contributed by atoms with E-state index in [0.717, 1.165) is 11.1 Å². The third-order valence-electron chi connectivity index (χ3n) is 8.84. The van der Waals surface area contributed by atoms with Crippen LogP contribution in [0.2, 0.25) is 0 Å². The Morgan fingerprint density at radius 2 is 1.55 bits per heavy atom. The van der Waals surface area contributed by atoms with Crippen molar-refractivity contribution < 1.29 is 34.7 Å². The van der Waals surface area contributed by atoms with Crippen molar-refractivity contribution in [1.29, 1.82) is 0 Å². The maximum absolute atomic E-state index is 13.4. The Hall–Kier alpha value is -2.71. The standard InChI is InChI=1S/C29H36N4O7/c30-17-10-18(31)27(26(37)23(17)34)40-29-22(32)25(36)24(35)19(39-29)11-33-28(38)16-9-7-14-5-4-12-2-1-3-13-6-8-15(16)21(14)20(12)13/h1-9,17-27,29,34-37H,10-11,30-32H2,(H,33,38)/t17-,18+,19?,20?,21?,22-,23+,24-,25-,26-,27?,29-/m1/s1. The first-order valence-electron chi connectivity index (χ1n) is 13.6. The zero-order chi connectivity index (χ0) is 28.3. The summed E-state index contributed by atoms with van der Waals surface area (Å²) in [5.41, 5.74) is 23.0. The lowest BCUT2D eigenvalue weighted by atomic mass is 9.63. The molecule has 5 aliphatic carbocycles. The molecule has 11 heteroatoms. The lowest BCUT2D eigenvalue weighted by Gasteiger charge is -2.46. The topological polar surface area (TPSA) is 207 Å². The van der Waals surface area contributed by atoms with E-state index in [9.17, 15) is 25.2 Å². The number of hydrogen-bond donors (Lipinski definition) is 8. The molecule has 1 heterocycles. The van der Waals surface area contributed by atoms with Crippen molar-refractivity contribution in [3.05, 3.63) is 82.5 Å². The van der Waals surface area contributed by atoms with E-state index in [4.69, 9.17) is 26.7 Å². The van der Waals surface area contributed by atoms with E-state index in [2.05, 4.69) is 29.6 Å². The zero-order valence-electron chi connectivity index (χ0n) is 21.8. The lowest BCUT2D eigenvalue weighted by molar-refractivity contribution is -0.288. The number of carbonyl (C=O) groups excluding carboxylic acids is 1. The van der Waals surface area contributed by atoms with E-state index in [1.165, 1.54) is 11.1 Å². The molecule has 1 saturated heterocycles. The molecule has 0 radical (unpaired) electrons. The molecule has 0 aromatic heterocycles. The van der Waals surface area contributed by atoms with Crippen LogP contribution in [-0.2, 0) is 14.3 Å². The highest BCUT2D eigenvalue weighted by molar-refractivity contribution is 5.98. The normalized spacial score (nSPS) is 43.5. The van der Waals surface area contributed by atoms with Crippen molar-refractivity contribution in [3.8, 4) is 0 Å². The van der Waals surface area contributed by atoms with Gasteiger partial charge in [-0.2, -0.15) is 0 Å². The van der Waals surface area contributed by atoms with Gasteiger partial charge in [-0.05, 0) is 34.8 Å². The molecule has 11 N–H and O–H groups in total. The van der Waals surface area contributed by atoms with E-state index in [1.807, 2.05) is 24.3 Å². The van der Waals surface area contributed by atoms with Crippen LogP contribution in [-0.4, -0.2) is 93.9 Å². The van der Waals surface area contributed by atoms with Crippen LogP contribution in [0, 0.1) is 11.8 Å². The number of amides is 1. The highest BCUT2D eigenvalue weighted by atomic mass is 16.7. The molecule has 1 amide bonds. The van der Waals surface area contributed by atoms with Gasteiger partial charge < -0.3 is 52.4 Å². The summed E-state index contributed by atoms with van der Waals surface area (Å²) < 4.78 is 11.7. The minimum absolute atomic E-state index is 0.0377. The van der Waals surface area contributed by atoms with Crippen LogP contribution in [0.4, 0.5) is 0 Å². The van der Waals surface area contributed by atoms with E-state index in [1.54, 1.807) is 6.08 Å². The smallest absolute Gasteiger partial charge is 0.251 e. The minimum Gasteiger partial charge on any atom is -0.389 e. The highest BCUT2D eigenvalue weighted by Crippen LogP contribution is 2.49. The number of hydrogen-bond acceptors (Lipinski definition) is 10. The summed E-state index contributed by atoms with van der Waals surface area (Å²) in [6.07, 6.45) is 9.53. The summed E-state index contributed by atoms with van der Waals surface area (Å²) in [5.74, 6) is -0.148. The molecule has 2 fully saturated rings. The molecule has 0 aromatic rings. The van der Waals surface area contributed by atoms with Gasteiger partial charge in [-0.1, -0.05) is 48.6 Å². The highest BCUT2D eigenvalue weighted by Gasteiger charge is 2.48. The first kappa shape index (κ1) is 27.5. The summed E-state index contributed by atoms with van der Waals surface area (Å²) in [4.78, 5) is 13.4. The van der Waals surface area contributed by atoms with Crippen LogP contribution < -0.4 is 22.5 Å². The number of aliphatic hydroxyl groups excluding tert-OH is 4. The van der Waals surface area contributed by atoms with Gasteiger partial charge in [-0.25, -0.2) is 0 Å². The van der Waals surface area contributed by atoms with E-state index in [-0.39, 0.29) is 30.7 Å². The predicted octanol–water partition coefficient (Wildman–Crippen LogP) is -1.93. The zero-order valence-corrected chi connectivity index (χ0v) is 21.8. The van der Waals surface area contributed by atoms with Gasteiger partial charge in [0, 0.05) is 36.0 Å². The number of nitrogens with two attached hydrogens (primary N) is 3. The van der Waals surface area contributed by atoms with Crippen molar-refractivity contribution in [2.24, 2.45) is 29.0 Å². The van der Waals surface area contributed by atoms with Crippen LogP contribution in [0.5, 0.6) is 0 Å². The summed E-state index contributed by atoms with van der Waals surface area (Å²) in [6, 6.07) is -2.60. The lowest BCUT2D eigenvalue weighted by Crippen LogP contribution is -2.67. The molecular weight excluding hydrogens is 516 g/mol. The Balaban J connectivity index is 1.16. The van der Waals surface area contributed by atoms with Crippen molar-refractivity contribution in [1.82, 2.24) is 5.32 Å². The fraction of sp³-hybridized carbons (Fsp3) is 0.483. The van der Waals surface area contributed by atoms with Crippen LogP contribution in [0.15, 0.2) is 82.5 Å². The Labute approximate surface area is 231 Å². The van der Waals surface area contributed by atoms with E-state index in [0.29, 0.717) is 5.57 Å². The SMILES string of the molecule is N[C@H]1[C@@H](OC2[C@@H](N)C[C@@H](N)[C@H](O)[C@H]2O)OC(CNC(=O)C2=C3C=CC4=CC=CC5=CC=C(C=C2)C3C45)[C@@H](O)[C@@H]1O. The van der Waals surface area contributed by atoms with Gasteiger partial charge in [-0.3, -0.25) is 4.79 Å². The summed E-state index contributed by atoms with van der Waals surface area (Å²) >= 11 is 0. The monoisotopic (exact) mass is 552 g/mol. The van der Waals surface area contributed by atoms with E-state index < -0.39 is 61.0 Å². The molecule has 1 aliphatic heterocycles. The molecule has 0 spiro atoms. The van der Waals surface area contributed by atoms with E-state index >= 15 is 0 Å². The molecular formula is C29H36N4O7. The molecule has 12 atom stereocenters. The van der Waals surface area contributed by atoms with Crippen molar-refractivity contribution in [2.45, 2.75) is 67.5 Å². The van der Waals surface area contributed by atoms with Gasteiger partial charge in [0.25, 0.3) is 5.91 Å². The third kappa shape index (κ3) is 4.57. The number of ether oxygens (including phenoxy) is 2. The fourth-order valence-corrected chi connectivity index (χ4v) is 6.57. The Morgan fingerprint density at radius 1 is 0.850 bits per heavy atom. The average molecular weight is 553 g/mol. The largest absolute Gasteiger partial charge is 0.389 e. The molecule has 4 unspecified atom stereocenters. The summed E-state index contributed by atoms with van der Waals surface area (Å²) in [5, 5.41) is 44.8. The molecule has 214 valence electrons. The van der Waals surface area contributed by atoms with Crippen LogP contribution >= 0.6 is 0 Å². The van der Waals surface area contributed by atoms with Crippen molar-refractivity contribution in [3.63, 3.8) is 0 Å². The van der Waals surface area contributed by atoms with Crippen LogP contribution in [0.3, 0.4) is 0 Å². The van der Waals surface area contributed by atoms with Gasteiger partial charge in [-0.15, -0.1) is 0 Å². The van der Waals surface area contributed by atoms with Crippen LogP contribution in [0.1, 0.15) is 6.42 Å². The van der Waals surface area contributed by atoms with Gasteiger partial charge in [0.1, 0.15) is 30.5 Å². The minimum atomic E-state index is -1.44. The summed E-state index contributed by atoms with van der Waals surface area (Å²) in [6.45, 7) is -0.138. The molecule has 6 aliphatic rings. The summed E-state index contributed by atoms with van der Waals surface area (Å²) in [7, 11) is 0. The van der Waals surface area contributed by atoms with Crippen molar-refractivity contribution in [2.75, 3.05) is 6.54 Å². The Kier molecular flexibility index (Phi) is 7.28. The second kappa shape index (κ2) is 10.6. The van der Waals surface area contributed by atoms with Crippen LogP contribution in [0.25, 0.3) is 0 Å². The number of carbonyl (C=O) groups is 1. The number of rotatable bonds is 5. The predicted molar refractivity (Wildman–Crippen MR) is 145 cm³/mol. The molecule has 40 heavy (non-hydrogen) atoms. The first-order chi connectivity index (χ1) is 19.2. The molecule has 1 saturated carbocycles. The number of allylic oxidation sites excluding steroid dienone is 12. The van der Waals surface area contributed by atoms with Crippen molar-refractivity contribution >= 4 is 5.91 Å². The van der Waals surface area contributed by atoms with Gasteiger partial charge in [0.15, 0.2) is 6.29 Å². The molecule has 11 nitrogen and oxygen atoms in total. The van der Waals surface area contributed by atoms with Gasteiger partial charge >= 0.3 is 0 Å². The third-order valence-corrected chi connectivity index (χ3v) is 8.84. The second-order valence-electron chi connectivity index (χ2n) is 11.3. The fourth-order valence-electron chi connectivity index (χ4n) is 6.57. The second-order valence-corrected chi connectivity index (χ2v) is 11.3. The molecule has 0 aromatic carbocycles. The van der Waals surface area contributed by atoms with Gasteiger partial charge in [0.05, 0.1) is 12.1 Å². The van der Waals surface area contributed by atoms with Gasteiger partial charge in [0.2, 0.25) is 0 Å². The average Bonchev–Trinajstić information content (AvgIpc) is 2.96. The Bertz CT molecular complexity index is 1280. The maximum atomic E-state index is 13.4. The Morgan fingerprint density at radius 3 is 2.33 bits per heavy atom. The molecule has 0 bridgehead atoms. The first-order valence-corrected chi connectivity index (χ1v) is 13.6. The number of aliphatic hydroxyl groups is 4. The quantitative estimate of drug-likeness (QED) is 0.190.